The lowest BCUT2D eigenvalue weighted by Gasteiger charge is -2.29. The molecule has 0 bridgehead atoms. The fraction of sp³-hybridized carbons (Fsp3) is 0.0556. The number of hydrogen-bond acceptors (Lipinski definition) is 1. The second-order valence-corrected chi connectivity index (χ2v) is 10.2. The minimum atomic E-state index is 0.319. The normalized spacial score (nSPS) is 16.3. The van der Waals surface area contributed by atoms with Crippen molar-refractivity contribution in [1.29, 1.82) is 0 Å². The molecule has 0 amide bonds. The lowest BCUT2D eigenvalue weighted by Crippen LogP contribution is -2.27. The van der Waals surface area contributed by atoms with E-state index < -0.39 is 0 Å². The molecule has 38 heavy (non-hydrogen) atoms. The zero-order valence-corrected chi connectivity index (χ0v) is 21.0. The topological polar surface area (TPSA) is 8.17 Å². The van der Waals surface area contributed by atoms with Crippen LogP contribution in [0.25, 0.3) is 38.6 Å². The number of anilines is 2. The largest absolute Gasteiger partial charge is 0.333 e. The highest BCUT2D eigenvalue weighted by Gasteiger charge is 2.35. The number of benzene rings is 5. The summed E-state index contributed by atoms with van der Waals surface area (Å²) in [6.45, 7) is 0. The molecule has 1 aliphatic carbocycles. The van der Waals surface area contributed by atoms with Gasteiger partial charge in [0, 0.05) is 33.4 Å². The van der Waals surface area contributed by atoms with Gasteiger partial charge in [-0.2, -0.15) is 0 Å². The molecule has 6 aromatic rings. The van der Waals surface area contributed by atoms with Gasteiger partial charge in [0.05, 0.1) is 17.1 Å². The number of hydrogen-bond donors (Lipinski definition) is 0. The van der Waals surface area contributed by atoms with Crippen molar-refractivity contribution in [1.82, 2.24) is 4.57 Å². The summed E-state index contributed by atoms with van der Waals surface area (Å²) in [5.41, 5.74) is 11.5. The van der Waals surface area contributed by atoms with Crippen molar-refractivity contribution >= 4 is 44.3 Å². The molecule has 5 aromatic carbocycles. The van der Waals surface area contributed by atoms with Crippen LogP contribution in [0.3, 0.4) is 0 Å². The Morgan fingerprint density at radius 3 is 2.03 bits per heavy atom. The van der Waals surface area contributed by atoms with Gasteiger partial charge in [0.15, 0.2) is 0 Å². The number of allylic oxidation sites excluding steroid dienone is 2. The van der Waals surface area contributed by atoms with Gasteiger partial charge in [0.25, 0.3) is 0 Å². The molecule has 0 fully saturated rings. The lowest BCUT2D eigenvalue weighted by atomic mass is 9.89. The minimum Gasteiger partial charge on any atom is -0.333 e. The van der Waals surface area contributed by atoms with Crippen molar-refractivity contribution < 1.29 is 0 Å². The van der Waals surface area contributed by atoms with Crippen LogP contribution < -0.4 is 4.90 Å². The first-order valence-electron chi connectivity index (χ1n) is 13.3. The third kappa shape index (κ3) is 3.13. The average molecular weight is 487 g/mol. The first-order valence-corrected chi connectivity index (χ1v) is 13.3. The predicted molar refractivity (Wildman–Crippen MR) is 160 cm³/mol. The molecule has 1 unspecified atom stereocenters. The van der Waals surface area contributed by atoms with Gasteiger partial charge in [-0.1, -0.05) is 91.0 Å². The van der Waals surface area contributed by atoms with Crippen molar-refractivity contribution in [2.75, 3.05) is 4.90 Å². The Kier molecular flexibility index (Phi) is 4.68. The summed E-state index contributed by atoms with van der Waals surface area (Å²) >= 11 is 0. The van der Waals surface area contributed by atoms with E-state index in [9.17, 15) is 0 Å². The van der Waals surface area contributed by atoms with E-state index in [4.69, 9.17) is 0 Å². The van der Waals surface area contributed by atoms with Gasteiger partial charge in [-0.3, -0.25) is 0 Å². The molecule has 0 radical (unpaired) electrons. The molecule has 2 aliphatic rings. The van der Waals surface area contributed by atoms with E-state index in [1.165, 1.54) is 61.1 Å². The second-order valence-electron chi connectivity index (χ2n) is 10.2. The van der Waals surface area contributed by atoms with Crippen molar-refractivity contribution in [3.63, 3.8) is 0 Å². The number of aromatic nitrogens is 1. The number of para-hydroxylation sites is 4. The number of rotatable bonds is 3. The van der Waals surface area contributed by atoms with Crippen molar-refractivity contribution in [3.8, 4) is 5.69 Å². The molecular formula is C36H26N2. The molecule has 2 heteroatoms. The van der Waals surface area contributed by atoms with Crippen LogP contribution in [0.5, 0.6) is 0 Å². The highest BCUT2D eigenvalue weighted by molar-refractivity contribution is 6.09. The van der Waals surface area contributed by atoms with E-state index in [-0.39, 0.29) is 0 Å². The van der Waals surface area contributed by atoms with Gasteiger partial charge in [-0.25, -0.2) is 0 Å². The average Bonchev–Trinajstić information content (AvgIpc) is 3.50. The van der Waals surface area contributed by atoms with Crippen LogP contribution in [0.15, 0.2) is 140 Å². The SMILES string of the molecule is C1=C(c2cccc(-n3c4ccccc4c4ccccc43)c2)C=C2c3ccccc3N(c3ccccc3)C2C1. The van der Waals surface area contributed by atoms with Crippen LogP contribution in [0.1, 0.15) is 17.5 Å². The Bertz CT molecular complexity index is 1850. The van der Waals surface area contributed by atoms with E-state index in [1.54, 1.807) is 0 Å². The van der Waals surface area contributed by atoms with Crippen LogP contribution in [0.2, 0.25) is 0 Å². The maximum Gasteiger partial charge on any atom is 0.0633 e. The summed E-state index contributed by atoms with van der Waals surface area (Å²) in [6, 6.07) is 46.4. The van der Waals surface area contributed by atoms with E-state index in [2.05, 4.69) is 149 Å². The van der Waals surface area contributed by atoms with Crippen LogP contribution in [0.4, 0.5) is 11.4 Å². The molecule has 1 atom stereocenters. The summed E-state index contributed by atoms with van der Waals surface area (Å²) in [7, 11) is 0. The Hall–Kier alpha value is -4.82. The van der Waals surface area contributed by atoms with Crippen LogP contribution in [0, 0.1) is 0 Å². The summed E-state index contributed by atoms with van der Waals surface area (Å²) in [6.07, 6.45) is 5.81. The molecule has 0 saturated carbocycles. The highest BCUT2D eigenvalue weighted by Crippen LogP contribution is 2.48. The van der Waals surface area contributed by atoms with Crippen molar-refractivity contribution in [2.45, 2.75) is 12.5 Å². The standard InChI is InChI=1S/C36H26N2/c1-2-12-27(13-3-1)37-35-20-9-6-17-31(35)32-24-26(21-22-36(32)37)25-11-10-14-28(23-25)38-33-18-7-4-15-29(33)30-16-5-8-19-34(30)38/h1-21,23-24,36H,22H2. The summed E-state index contributed by atoms with van der Waals surface area (Å²) in [5.74, 6) is 0. The Morgan fingerprint density at radius 1 is 0.579 bits per heavy atom. The molecule has 8 rings (SSSR count). The van der Waals surface area contributed by atoms with Crippen LogP contribution in [-0.4, -0.2) is 10.6 Å². The van der Waals surface area contributed by atoms with Crippen molar-refractivity contribution in [2.24, 2.45) is 0 Å². The van der Waals surface area contributed by atoms with Gasteiger partial charge < -0.3 is 9.47 Å². The smallest absolute Gasteiger partial charge is 0.0633 e. The monoisotopic (exact) mass is 486 g/mol. The number of nitrogens with zero attached hydrogens (tertiary/aromatic N) is 2. The fourth-order valence-electron chi connectivity index (χ4n) is 6.42. The van der Waals surface area contributed by atoms with E-state index >= 15 is 0 Å². The van der Waals surface area contributed by atoms with Gasteiger partial charge >= 0.3 is 0 Å². The first kappa shape index (κ1) is 21.3. The quantitative estimate of drug-likeness (QED) is 0.242. The fourth-order valence-corrected chi connectivity index (χ4v) is 6.42. The van der Waals surface area contributed by atoms with Gasteiger partial charge in [-0.15, -0.1) is 0 Å². The van der Waals surface area contributed by atoms with Crippen molar-refractivity contribution in [3.05, 3.63) is 151 Å². The molecule has 1 aromatic heterocycles. The Morgan fingerprint density at radius 2 is 1.24 bits per heavy atom. The first-order chi connectivity index (χ1) is 18.9. The molecule has 0 saturated heterocycles. The van der Waals surface area contributed by atoms with E-state index in [1.807, 2.05) is 0 Å². The maximum absolute atomic E-state index is 2.50. The summed E-state index contributed by atoms with van der Waals surface area (Å²) < 4.78 is 2.40. The minimum absolute atomic E-state index is 0.319. The van der Waals surface area contributed by atoms with E-state index in [0.29, 0.717) is 6.04 Å². The zero-order valence-electron chi connectivity index (χ0n) is 21.0. The highest BCUT2D eigenvalue weighted by atomic mass is 15.2. The Balaban J connectivity index is 1.24. The zero-order chi connectivity index (χ0) is 25.1. The van der Waals surface area contributed by atoms with Gasteiger partial charge in [0.2, 0.25) is 0 Å². The van der Waals surface area contributed by atoms with Crippen LogP contribution in [-0.2, 0) is 0 Å². The molecule has 1 aliphatic heterocycles. The van der Waals surface area contributed by atoms with E-state index in [0.717, 1.165) is 6.42 Å². The van der Waals surface area contributed by atoms with Gasteiger partial charge in [-0.05, 0) is 71.7 Å². The molecular weight excluding hydrogens is 460 g/mol. The predicted octanol–water partition coefficient (Wildman–Crippen LogP) is 9.17. The third-order valence-electron chi connectivity index (χ3n) is 8.07. The summed E-state index contributed by atoms with van der Waals surface area (Å²) in [4.78, 5) is 2.50. The Labute approximate surface area is 222 Å². The molecule has 0 spiro atoms. The van der Waals surface area contributed by atoms with Gasteiger partial charge in [0.1, 0.15) is 0 Å². The molecule has 0 N–H and O–H groups in total. The lowest BCUT2D eigenvalue weighted by molar-refractivity contribution is 0.831. The third-order valence-corrected chi connectivity index (χ3v) is 8.07. The maximum atomic E-state index is 2.50. The molecule has 180 valence electrons. The second kappa shape index (κ2) is 8.36. The summed E-state index contributed by atoms with van der Waals surface area (Å²) in [5, 5.41) is 2.58. The molecule has 2 nitrogen and oxygen atoms in total. The van der Waals surface area contributed by atoms with Crippen LogP contribution >= 0.6 is 0 Å². The number of fused-ring (bicyclic) bond motifs is 6. The molecule has 2 heterocycles.